The first-order valence-electron chi connectivity index (χ1n) is 4.05. The van der Waals surface area contributed by atoms with Gasteiger partial charge in [0.25, 0.3) is 0 Å². The van der Waals surface area contributed by atoms with Crippen LogP contribution in [0.5, 0.6) is 0 Å². The van der Waals surface area contributed by atoms with Crippen molar-refractivity contribution in [3.63, 3.8) is 0 Å². The van der Waals surface area contributed by atoms with Crippen LogP contribution in [0.3, 0.4) is 0 Å². The second-order valence-corrected chi connectivity index (χ2v) is 4.41. The summed E-state index contributed by atoms with van der Waals surface area (Å²) in [5, 5.41) is 0. The molecule has 4 nitrogen and oxygen atoms in total. The lowest BCUT2D eigenvalue weighted by Gasteiger charge is -2.22. The Kier molecular flexibility index (Phi) is 2.94. The summed E-state index contributed by atoms with van der Waals surface area (Å²) in [5.74, 6) is 0. The lowest BCUT2D eigenvalue weighted by atomic mass is 9.99. The molecule has 0 saturated carbocycles. The molecule has 1 N–H and O–H groups in total. The fourth-order valence-corrected chi connectivity index (χ4v) is 1.77. The molecule has 78 valence electrons. The molecule has 0 atom stereocenters. The van der Waals surface area contributed by atoms with E-state index in [-0.39, 0.29) is 0 Å². The quantitative estimate of drug-likeness (QED) is 0.782. The Morgan fingerprint density at radius 3 is 2.14 bits per heavy atom. The summed E-state index contributed by atoms with van der Waals surface area (Å²) in [4.78, 5) is 0. The normalized spacial score (nSPS) is 12.8. The predicted molar refractivity (Wildman–Crippen MR) is 52.1 cm³/mol. The summed E-state index contributed by atoms with van der Waals surface area (Å²) in [5.41, 5.74) is -0.382. The summed E-state index contributed by atoms with van der Waals surface area (Å²) >= 11 is 0. The van der Waals surface area contributed by atoms with E-state index >= 15 is 0 Å². The van der Waals surface area contributed by atoms with E-state index in [1.807, 2.05) is 6.07 Å². The Hall–Kier alpha value is -0.910. The average Bonchev–Trinajstić information content (AvgIpc) is 2.01. The molecule has 14 heavy (non-hydrogen) atoms. The number of benzene rings is 1. The van der Waals surface area contributed by atoms with Gasteiger partial charge in [-0.3, -0.25) is 4.55 Å². The smallest absolute Gasteiger partial charge is 0.264 e. The van der Waals surface area contributed by atoms with Gasteiger partial charge >= 0.3 is 10.4 Å². The minimum absolute atomic E-state index is 0.678. The monoisotopic (exact) mass is 216 g/mol. The highest BCUT2D eigenvalue weighted by Gasteiger charge is 2.27. The maximum absolute atomic E-state index is 10.6. The van der Waals surface area contributed by atoms with Crippen LogP contribution in [0.15, 0.2) is 30.3 Å². The highest BCUT2D eigenvalue weighted by molar-refractivity contribution is 7.80. The molecular weight excluding hydrogens is 204 g/mol. The summed E-state index contributed by atoms with van der Waals surface area (Å²) < 4.78 is 34.2. The first kappa shape index (κ1) is 11.2. The van der Waals surface area contributed by atoms with Crippen LogP contribution in [0.1, 0.15) is 19.4 Å². The van der Waals surface area contributed by atoms with Gasteiger partial charge in [0.2, 0.25) is 0 Å². The third-order valence-corrected chi connectivity index (χ3v) is 2.41. The van der Waals surface area contributed by atoms with Crippen molar-refractivity contribution in [3.05, 3.63) is 35.9 Å². The minimum Gasteiger partial charge on any atom is -0.264 e. The van der Waals surface area contributed by atoms with E-state index in [1.54, 1.807) is 38.1 Å². The van der Waals surface area contributed by atoms with Crippen LogP contribution in [-0.4, -0.2) is 13.0 Å². The van der Waals surface area contributed by atoms with E-state index in [4.69, 9.17) is 4.55 Å². The van der Waals surface area contributed by atoms with E-state index in [0.29, 0.717) is 5.56 Å². The van der Waals surface area contributed by atoms with Crippen LogP contribution in [0.25, 0.3) is 0 Å². The van der Waals surface area contributed by atoms with Crippen LogP contribution >= 0.6 is 0 Å². The highest BCUT2D eigenvalue weighted by atomic mass is 32.3. The van der Waals surface area contributed by atoms with Crippen molar-refractivity contribution in [2.45, 2.75) is 19.4 Å². The number of hydrogen-bond acceptors (Lipinski definition) is 3. The fourth-order valence-electron chi connectivity index (χ4n) is 1.15. The van der Waals surface area contributed by atoms with Crippen molar-refractivity contribution in [2.75, 3.05) is 0 Å². The Labute approximate surface area is 83.5 Å². The molecular formula is C9H12O4S. The van der Waals surface area contributed by atoms with Gasteiger partial charge in [0.15, 0.2) is 0 Å². The van der Waals surface area contributed by atoms with Gasteiger partial charge in [-0.2, -0.15) is 8.42 Å². The fraction of sp³-hybridized carbons (Fsp3) is 0.333. The molecule has 1 aromatic rings. The lowest BCUT2D eigenvalue weighted by molar-refractivity contribution is 0.0985. The maximum Gasteiger partial charge on any atom is 0.398 e. The van der Waals surface area contributed by atoms with Crippen LogP contribution in [-0.2, 0) is 20.2 Å². The summed E-state index contributed by atoms with van der Waals surface area (Å²) in [6, 6.07) is 8.80. The lowest BCUT2D eigenvalue weighted by Crippen LogP contribution is -2.25. The zero-order valence-electron chi connectivity index (χ0n) is 7.97. The zero-order chi connectivity index (χ0) is 10.8. The molecule has 0 radical (unpaired) electrons. The van der Waals surface area contributed by atoms with Gasteiger partial charge in [-0.25, -0.2) is 4.18 Å². The molecule has 0 unspecified atom stereocenters. The van der Waals surface area contributed by atoms with Gasteiger partial charge in [-0.05, 0) is 19.4 Å². The summed E-state index contributed by atoms with van der Waals surface area (Å²) in [6.07, 6.45) is 0. The van der Waals surface area contributed by atoms with Crippen LogP contribution < -0.4 is 0 Å². The third kappa shape index (κ3) is 3.10. The SMILES string of the molecule is CC(C)(OS(=O)(=O)O)c1ccccc1. The molecule has 1 rings (SSSR count). The van der Waals surface area contributed by atoms with Crippen molar-refractivity contribution >= 4 is 10.4 Å². The van der Waals surface area contributed by atoms with Gasteiger partial charge < -0.3 is 0 Å². The topological polar surface area (TPSA) is 63.6 Å². The van der Waals surface area contributed by atoms with Crippen molar-refractivity contribution in [3.8, 4) is 0 Å². The molecule has 0 bridgehead atoms. The summed E-state index contributed by atoms with van der Waals surface area (Å²) in [6.45, 7) is 3.13. The molecule has 0 heterocycles. The Morgan fingerprint density at radius 1 is 1.21 bits per heavy atom. The predicted octanol–water partition coefficient (Wildman–Crippen LogP) is 1.74. The molecule has 0 aliphatic heterocycles. The average molecular weight is 216 g/mol. The summed E-state index contributed by atoms with van der Waals surface area (Å²) in [7, 11) is -4.43. The standard InChI is InChI=1S/C9H12O4S/c1-9(2,13-14(10,11)12)8-6-4-3-5-7-8/h3-7H,1-2H3,(H,10,11,12). The molecule has 0 spiro atoms. The zero-order valence-corrected chi connectivity index (χ0v) is 8.78. The third-order valence-electron chi connectivity index (χ3n) is 1.78. The Bertz CT molecular complexity index is 394. The van der Waals surface area contributed by atoms with Crippen molar-refractivity contribution in [1.82, 2.24) is 0 Å². The number of hydrogen-bond donors (Lipinski definition) is 1. The van der Waals surface area contributed by atoms with Crippen molar-refractivity contribution < 1.29 is 17.2 Å². The first-order chi connectivity index (χ1) is 6.31. The van der Waals surface area contributed by atoms with E-state index < -0.39 is 16.0 Å². The van der Waals surface area contributed by atoms with Gasteiger partial charge in [0, 0.05) is 0 Å². The molecule has 0 saturated heterocycles. The van der Waals surface area contributed by atoms with Crippen LogP contribution in [0.4, 0.5) is 0 Å². The van der Waals surface area contributed by atoms with Crippen molar-refractivity contribution in [1.29, 1.82) is 0 Å². The van der Waals surface area contributed by atoms with E-state index in [0.717, 1.165) is 0 Å². The second-order valence-electron chi connectivity index (χ2n) is 3.39. The molecule has 0 fully saturated rings. The Morgan fingerprint density at radius 2 is 1.71 bits per heavy atom. The van der Waals surface area contributed by atoms with Crippen LogP contribution in [0.2, 0.25) is 0 Å². The van der Waals surface area contributed by atoms with E-state index in [2.05, 4.69) is 4.18 Å². The van der Waals surface area contributed by atoms with Crippen molar-refractivity contribution in [2.24, 2.45) is 0 Å². The van der Waals surface area contributed by atoms with Gasteiger partial charge in [-0.15, -0.1) is 0 Å². The molecule has 5 heteroatoms. The van der Waals surface area contributed by atoms with Gasteiger partial charge in [0.05, 0.1) is 0 Å². The maximum atomic E-state index is 10.6. The number of rotatable bonds is 3. The van der Waals surface area contributed by atoms with E-state index in [9.17, 15) is 8.42 Å². The molecule has 0 amide bonds. The molecule has 0 aliphatic rings. The second kappa shape index (κ2) is 3.68. The highest BCUT2D eigenvalue weighted by Crippen LogP contribution is 2.25. The van der Waals surface area contributed by atoms with Gasteiger partial charge in [0.1, 0.15) is 5.60 Å². The molecule has 0 aromatic heterocycles. The van der Waals surface area contributed by atoms with E-state index in [1.165, 1.54) is 0 Å². The minimum atomic E-state index is -4.43. The van der Waals surface area contributed by atoms with Gasteiger partial charge in [-0.1, -0.05) is 30.3 Å². The Balaban J connectivity index is 2.97. The molecule has 1 aromatic carbocycles. The molecule has 0 aliphatic carbocycles. The first-order valence-corrected chi connectivity index (χ1v) is 5.41. The van der Waals surface area contributed by atoms with Crippen LogP contribution in [0, 0.1) is 0 Å². The largest absolute Gasteiger partial charge is 0.398 e.